The molecule has 1 N–H and O–H groups in total. The van der Waals surface area contributed by atoms with Crippen molar-refractivity contribution in [2.75, 3.05) is 18.0 Å². The second-order valence-corrected chi connectivity index (χ2v) is 5.82. The average molecular weight is 346 g/mol. The maximum absolute atomic E-state index is 13.4. The number of rotatable bonds is 5. The summed E-state index contributed by atoms with van der Waals surface area (Å²) in [6.45, 7) is 5.55. The fourth-order valence-electron chi connectivity index (χ4n) is 2.39. The normalized spacial score (nSPS) is 10.4. The number of anilines is 1. The molecule has 2 amide bonds. The van der Waals surface area contributed by atoms with E-state index < -0.39 is 11.6 Å². The number of hydrogen-bond donors (Lipinski definition) is 1. The van der Waals surface area contributed by atoms with Gasteiger partial charge >= 0.3 is 0 Å². The molecule has 132 valence electrons. The number of aryl methyl sites for hydroxylation is 2. The van der Waals surface area contributed by atoms with Gasteiger partial charge < -0.3 is 10.2 Å². The van der Waals surface area contributed by atoms with Crippen molar-refractivity contribution in [2.45, 2.75) is 20.8 Å². The SMILES string of the molecule is CC(=O)N(CCNC(=O)c1ccc(C)c(C)c1)c1ccc(F)c(F)c1. The van der Waals surface area contributed by atoms with E-state index in [2.05, 4.69) is 5.32 Å². The molecule has 0 unspecified atom stereocenters. The Labute approximate surface area is 145 Å². The Morgan fingerprint density at radius 2 is 1.72 bits per heavy atom. The molecular weight excluding hydrogens is 326 g/mol. The summed E-state index contributed by atoms with van der Waals surface area (Å²) >= 11 is 0. The van der Waals surface area contributed by atoms with Crippen LogP contribution in [0.25, 0.3) is 0 Å². The van der Waals surface area contributed by atoms with Crippen molar-refractivity contribution < 1.29 is 18.4 Å². The standard InChI is InChI=1S/C19H20F2N2O2/c1-12-4-5-15(10-13(12)2)19(25)22-8-9-23(14(3)24)16-6-7-17(20)18(21)11-16/h4-7,10-11H,8-9H2,1-3H3,(H,22,25). The second-order valence-electron chi connectivity index (χ2n) is 5.82. The summed E-state index contributed by atoms with van der Waals surface area (Å²) in [5.41, 5.74) is 2.88. The van der Waals surface area contributed by atoms with Gasteiger partial charge in [0.05, 0.1) is 0 Å². The van der Waals surface area contributed by atoms with Crippen molar-refractivity contribution in [1.29, 1.82) is 0 Å². The quantitative estimate of drug-likeness (QED) is 0.902. The van der Waals surface area contributed by atoms with E-state index in [0.29, 0.717) is 5.56 Å². The molecule has 0 spiro atoms. The Kier molecular flexibility index (Phi) is 5.85. The molecule has 0 bridgehead atoms. The molecule has 0 atom stereocenters. The van der Waals surface area contributed by atoms with E-state index in [1.807, 2.05) is 19.9 Å². The predicted octanol–water partition coefficient (Wildman–Crippen LogP) is 3.36. The van der Waals surface area contributed by atoms with E-state index in [9.17, 15) is 18.4 Å². The summed E-state index contributed by atoms with van der Waals surface area (Å²) in [6, 6.07) is 8.65. The molecular formula is C19H20F2N2O2. The molecule has 25 heavy (non-hydrogen) atoms. The van der Waals surface area contributed by atoms with Crippen LogP contribution < -0.4 is 10.2 Å². The number of benzene rings is 2. The average Bonchev–Trinajstić information content (AvgIpc) is 2.56. The minimum atomic E-state index is -1.03. The zero-order valence-electron chi connectivity index (χ0n) is 14.4. The van der Waals surface area contributed by atoms with Gasteiger partial charge in [-0.1, -0.05) is 6.07 Å². The highest BCUT2D eigenvalue weighted by molar-refractivity contribution is 5.95. The fraction of sp³-hybridized carbons (Fsp3) is 0.263. The lowest BCUT2D eigenvalue weighted by atomic mass is 10.1. The summed E-state index contributed by atoms with van der Waals surface area (Å²) in [4.78, 5) is 25.2. The first-order chi connectivity index (χ1) is 11.8. The van der Waals surface area contributed by atoms with Crippen LogP contribution in [0.3, 0.4) is 0 Å². The maximum Gasteiger partial charge on any atom is 0.251 e. The Morgan fingerprint density at radius 1 is 1.00 bits per heavy atom. The van der Waals surface area contributed by atoms with Crippen molar-refractivity contribution in [2.24, 2.45) is 0 Å². The van der Waals surface area contributed by atoms with Crippen LogP contribution in [-0.4, -0.2) is 24.9 Å². The first kappa shape index (κ1) is 18.6. The van der Waals surface area contributed by atoms with Gasteiger partial charge in [-0.2, -0.15) is 0 Å². The summed E-state index contributed by atoms with van der Waals surface area (Å²) in [7, 11) is 0. The van der Waals surface area contributed by atoms with Crippen molar-refractivity contribution >= 4 is 17.5 Å². The lowest BCUT2D eigenvalue weighted by molar-refractivity contribution is -0.116. The summed E-state index contributed by atoms with van der Waals surface area (Å²) in [6.07, 6.45) is 0. The number of carbonyl (C=O) groups is 2. The molecule has 6 heteroatoms. The zero-order chi connectivity index (χ0) is 18.6. The Bertz CT molecular complexity index is 806. The topological polar surface area (TPSA) is 49.4 Å². The Hall–Kier alpha value is -2.76. The minimum Gasteiger partial charge on any atom is -0.350 e. The first-order valence-electron chi connectivity index (χ1n) is 7.88. The number of nitrogens with zero attached hydrogens (tertiary/aromatic N) is 1. The molecule has 0 radical (unpaired) electrons. The van der Waals surface area contributed by atoms with Crippen LogP contribution in [-0.2, 0) is 4.79 Å². The van der Waals surface area contributed by atoms with Crippen LogP contribution >= 0.6 is 0 Å². The van der Waals surface area contributed by atoms with E-state index in [1.54, 1.807) is 12.1 Å². The largest absolute Gasteiger partial charge is 0.350 e. The molecule has 0 heterocycles. The van der Waals surface area contributed by atoms with Gasteiger partial charge in [-0.05, 0) is 49.2 Å². The molecule has 0 aliphatic carbocycles. The van der Waals surface area contributed by atoms with Gasteiger partial charge in [0.15, 0.2) is 11.6 Å². The summed E-state index contributed by atoms with van der Waals surface area (Å²) in [5.74, 6) is -2.58. The van der Waals surface area contributed by atoms with Gasteiger partial charge in [-0.15, -0.1) is 0 Å². The Balaban J connectivity index is 2.01. The second kappa shape index (κ2) is 7.88. The van der Waals surface area contributed by atoms with Gasteiger partial charge in [-0.3, -0.25) is 9.59 Å². The van der Waals surface area contributed by atoms with Gasteiger partial charge in [0, 0.05) is 37.3 Å². The maximum atomic E-state index is 13.4. The highest BCUT2D eigenvalue weighted by Gasteiger charge is 2.14. The van der Waals surface area contributed by atoms with Crippen molar-refractivity contribution in [1.82, 2.24) is 5.32 Å². The van der Waals surface area contributed by atoms with E-state index in [1.165, 1.54) is 17.9 Å². The van der Waals surface area contributed by atoms with Crippen molar-refractivity contribution in [3.63, 3.8) is 0 Å². The number of amides is 2. The third kappa shape index (κ3) is 4.62. The van der Waals surface area contributed by atoms with Gasteiger partial charge in [0.25, 0.3) is 5.91 Å². The fourth-order valence-corrected chi connectivity index (χ4v) is 2.39. The van der Waals surface area contributed by atoms with Gasteiger partial charge in [0.1, 0.15) is 0 Å². The Morgan fingerprint density at radius 3 is 2.32 bits per heavy atom. The number of carbonyl (C=O) groups excluding carboxylic acids is 2. The molecule has 0 fully saturated rings. The molecule has 2 aromatic rings. The molecule has 0 aliphatic rings. The lowest BCUT2D eigenvalue weighted by Crippen LogP contribution is -2.37. The molecule has 0 aromatic heterocycles. The summed E-state index contributed by atoms with van der Waals surface area (Å²) < 4.78 is 26.4. The molecule has 2 rings (SSSR count). The van der Waals surface area contributed by atoms with Crippen LogP contribution in [0.15, 0.2) is 36.4 Å². The third-order valence-corrected chi connectivity index (χ3v) is 3.99. The number of nitrogens with one attached hydrogen (secondary N) is 1. The molecule has 0 saturated heterocycles. The smallest absolute Gasteiger partial charge is 0.251 e. The van der Waals surface area contributed by atoms with Crippen LogP contribution in [0, 0.1) is 25.5 Å². The van der Waals surface area contributed by atoms with Crippen LogP contribution in [0.5, 0.6) is 0 Å². The van der Waals surface area contributed by atoms with E-state index in [4.69, 9.17) is 0 Å². The van der Waals surface area contributed by atoms with Gasteiger partial charge in [-0.25, -0.2) is 8.78 Å². The highest BCUT2D eigenvalue weighted by atomic mass is 19.2. The van der Waals surface area contributed by atoms with Crippen molar-refractivity contribution in [3.05, 3.63) is 64.7 Å². The third-order valence-electron chi connectivity index (χ3n) is 3.99. The molecule has 0 saturated carbocycles. The number of hydrogen-bond acceptors (Lipinski definition) is 2. The van der Waals surface area contributed by atoms with E-state index in [-0.39, 0.29) is 30.6 Å². The number of halogens is 2. The highest BCUT2D eigenvalue weighted by Crippen LogP contribution is 2.18. The van der Waals surface area contributed by atoms with Gasteiger partial charge in [0.2, 0.25) is 5.91 Å². The predicted molar refractivity (Wildman–Crippen MR) is 92.6 cm³/mol. The lowest BCUT2D eigenvalue weighted by Gasteiger charge is -2.21. The van der Waals surface area contributed by atoms with Crippen LogP contribution in [0.1, 0.15) is 28.4 Å². The zero-order valence-corrected chi connectivity index (χ0v) is 14.4. The first-order valence-corrected chi connectivity index (χ1v) is 7.88. The monoisotopic (exact) mass is 346 g/mol. The van der Waals surface area contributed by atoms with E-state index in [0.717, 1.165) is 23.3 Å². The molecule has 2 aromatic carbocycles. The van der Waals surface area contributed by atoms with Crippen LogP contribution in [0.4, 0.5) is 14.5 Å². The minimum absolute atomic E-state index is 0.150. The summed E-state index contributed by atoms with van der Waals surface area (Å²) in [5, 5.41) is 2.73. The van der Waals surface area contributed by atoms with E-state index >= 15 is 0 Å². The molecule has 0 aliphatic heterocycles. The molecule has 4 nitrogen and oxygen atoms in total. The van der Waals surface area contributed by atoms with Crippen molar-refractivity contribution in [3.8, 4) is 0 Å². The van der Waals surface area contributed by atoms with Crippen LogP contribution in [0.2, 0.25) is 0 Å².